The molecule has 2 N–H and O–H groups in total. The molecule has 2 heterocycles. The maximum atomic E-state index is 10.9. The molecule has 0 aromatic carbocycles. The summed E-state index contributed by atoms with van der Waals surface area (Å²) >= 11 is 0. The van der Waals surface area contributed by atoms with Crippen molar-refractivity contribution in [1.82, 2.24) is 0 Å². The van der Waals surface area contributed by atoms with E-state index in [1.54, 1.807) is 0 Å². The van der Waals surface area contributed by atoms with E-state index in [0.717, 1.165) is 12.8 Å². The second kappa shape index (κ2) is 5.30. The summed E-state index contributed by atoms with van der Waals surface area (Å²) in [6.45, 7) is 7.68. The minimum atomic E-state index is -1.03. The van der Waals surface area contributed by atoms with E-state index in [9.17, 15) is 10.2 Å². The van der Waals surface area contributed by atoms with Crippen LogP contribution in [-0.4, -0.2) is 46.2 Å². The van der Waals surface area contributed by atoms with E-state index in [1.807, 2.05) is 27.7 Å². The Balaban J connectivity index is 2.19. The van der Waals surface area contributed by atoms with Gasteiger partial charge in [-0.2, -0.15) is 0 Å². The number of rotatable bonds is 5. The number of aliphatic hydroxyl groups excluding tert-OH is 1. The molecular formula is C14H26O5. The average molecular weight is 274 g/mol. The summed E-state index contributed by atoms with van der Waals surface area (Å²) in [6, 6.07) is 0. The Hall–Kier alpha value is -0.200. The Morgan fingerprint density at radius 2 is 1.58 bits per heavy atom. The van der Waals surface area contributed by atoms with Crippen LogP contribution in [0.25, 0.3) is 0 Å². The van der Waals surface area contributed by atoms with Gasteiger partial charge in [0.05, 0.1) is 5.60 Å². The highest BCUT2D eigenvalue weighted by Crippen LogP contribution is 2.43. The van der Waals surface area contributed by atoms with Crippen LogP contribution in [0, 0.1) is 0 Å². The zero-order valence-electron chi connectivity index (χ0n) is 12.3. The van der Waals surface area contributed by atoms with Crippen LogP contribution in [0.5, 0.6) is 0 Å². The van der Waals surface area contributed by atoms with Gasteiger partial charge in [0.25, 0.3) is 0 Å². The number of hydrogen-bond acceptors (Lipinski definition) is 5. The molecule has 0 aliphatic carbocycles. The molecule has 112 valence electrons. The van der Waals surface area contributed by atoms with Crippen molar-refractivity contribution >= 4 is 0 Å². The van der Waals surface area contributed by atoms with Crippen LogP contribution in [0.4, 0.5) is 0 Å². The lowest BCUT2D eigenvalue weighted by atomic mass is 9.84. The smallest absolute Gasteiger partial charge is 0.184 e. The first-order chi connectivity index (χ1) is 8.83. The first-order valence-electron chi connectivity index (χ1n) is 7.24. The van der Waals surface area contributed by atoms with Crippen molar-refractivity contribution in [2.24, 2.45) is 0 Å². The van der Waals surface area contributed by atoms with Crippen LogP contribution in [0.2, 0.25) is 0 Å². The highest BCUT2D eigenvalue weighted by molar-refractivity contribution is 5.03. The van der Waals surface area contributed by atoms with Gasteiger partial charge >= 0.3 is 0 Å². The largest absolute Gasteiger partial charge is 0.387 e. The van der Waals surface area contributed by atoms with Crippen molar-refractivity contribution in [3.63, 3.8) is 0 Å². The van der Waals surface area contributed by atoms with Crippen LogP contribution < -0.4 is 0 Å². The van der Waals surface area contributed by atoms with Gasteiger partial charge in [0.2, 0.25) is 0 Å². The van der Waals surface area contributed by atoms with Gasteiger partial charge in [-0.15, -0.1) is 0 Å². The third-order valence-corrected chi connectivity index (χ3v) is 3.92. The number of fused-ring (bicyclic) bond motifs is 1. The van der Waals surface area contributed by atoms with Crippen molar-refractivity contribution in [2.45, 2.75) is 89.4 Å². The van der Waals surface area contributed by atoms with Gasteiger partial charge in [-0.05, 0) is 26.7 Å². The molecule has 2 saturated heterocycles. The Labute approximate surface area is 114 Å². The molecule has 0 radical (unpaired) electrons. The van der Waals surface area contributed by atoms with E-state index in [4.69, 9.17) is 14.2 Å². The number of aliphatic hydroxyl groups is 2. The Morgan fingerprint density at radius 1 is 1.05 bits per heavy atom. The number of hydrogen-bond donors (Lipinski definition) is 2. The average Bonchev–Trinajstić information content (AvgIpc) is 2.75. The normalized spacial score (nSPS) is 37.6. The molecule has 0 bridgehead atoms. The Kier molecular flexibility index (Phi) is 4.23. The predicted octanol–water partition coefficient (Wildman–Crippen LogP) is 1.55. The zero-order chi connectivity index (χ0) is 14.3. The summed E-state index contributed by atoms with van der Waals surface area (Å²) in [6.07, 6.45) is 0.484. The summed E-state index contributed by atoms with van der Waals surface area (Å²) in [7, 11) is 0. The maximum absolute atomic E-state index is 10.9. The van der Waals surface area contributed by atoms with Gasteiger partial charge in [0.1, 0.15) is 18.3 Å². The lowest BCUT2D eigenvalue weighted by Crippen LogP contribution is -2.49. The highest BCUT2D eigenvalue weighted by Gasteiger charge is 2.60. The first kappa shape index (κ1) is 15.2. The van der Waals surface area contributed by atoms with Gasteiger partial charge < -0.3 is 24.4 Å². The van der Waals surface area contributed by atoms with Gasteiger partial charge in [-0.25, -0.2) is 0 Å². The minimum absolute atomic E-state index is 0.409. The van der Waals surface area contributed by atoms with Crippen LogP contribution in [0.3, 0.4) is 0 Å². The minimum Gasteiger partial charge on any atom is -0.387 e. The molecule has 2 aliphatic heterocycles. The SMILES string of the molecule is CCCC(O)(CCC)C1O[C@@H](O)C2OC(C)(C)OC21. The maximum Gasteiger partial charge on any atom is 0.184 e. The van der Waals surface area contributed by atoms with Crippen LogP contribution in [-0.2, 0) is 14.2 Å². The van der Waals surface area contributed by atoms with Crippen molar-refractivity contribution in [1.29, 1.82) is 0 Å². The summed E-state index contributed by atoms with van der Waals surface area (Å²) in [5.74, 6) is -0.738. The molecule has 2 aliphatic rings. The van der Waals surface area contributed by atoms with Gasteiger partial charge in [0, 0.05) is 0 Å². The Morgan fingerprint density at radius 3 is 2.11 bits per heavy atom. The van der Waals surface area contributed by atoms with Crippen LogP contribution >= 0.6 is 0 Å². The summed E-state index contributed by atoms with van der Waals surface area (Å²) in [5, 5.41) is 20.8. The molecule has 0 aromatic heterocycles. The van der Waals surface area contributed by atoms with Crippen molar-refractivity contribution in [3.05, 3.63) is 0 Å². The first-order valence-corrected chi connectivity index (χ1v) is 7.24. The van der Waals surface area contributed by atoms with E-state index in [-0.39, 0.29) is 0 Å². The molecule has 3 unspecified atom stereocenters. The summed E-state index contributed by atoms with van der Waals surface area (Å²) in [5.41, 5.74) is -0.965. The quantitative estimate of drug-likeness (QED) is 0.796. The van der Waals surface area contributed by atoms with E-state index in [0.29, 0.717) is 12.8 Å². The van der Waals surface area contributed by atoms with Crippen LogP contribution in [0.15, 0.2) is 0 Å². The molecule has 19 heavy (non-hydrogen) atoms. The van der Waals surface area contributed by atoms with Crippen molar-refractivity contribution in [2.75, 3.05) is 0 Å². The Bertz CT molecular complexity index is 311. The molecule has 0 saturated carbocycles. The molecule has 2 rings (SSSR count). The van der Waals surface area contributed by atoms with Gasteiger partial charge in [0.15, 0.2) is 12.1 Å². The highest BCUT2D eigenvalue weighted by atomic mass is 16.8. The van der Waals surface area contributed by atoms with Gasteiger partial charge in [-0.3, -0.25) is 0 Å². The summed E-state index contributed by atoms with van der Waals surface area (Å²) < 4.78 is 17.0. The molecule has 0 amide bonds. The van der Waals surface area contributed by atoms with E-state index >= 15 is 0 Å². The van der Waals surface area contributed by atoms with Crippen molar-refractivity contribution in [3.8, 4) is 0 Å². The monoisotopic (exact) mass is 274 g/mol. The van der Waals surface area contributed by atoms with Crippen LogP contribution in [0.1, 0.15) is 53.4 Å². The second-order valence-corrected chi connectivity index (χ2v) is 6.12. The van der Waals surface area contributed by atoms with Gasteiger partial charge in [-0.1, -0.05) is 26.7 Å². The molecule has 0 spiro atoms. The molecule has 5 heteroatoms. The fourth-order valence-electron chi connectivity index (χ4n) is 3.28. The molecule has 5 nitrogen and oxygen atoms in total. The lowest BCUT2D eigenvalue weighted by molar-refractivity contribution is -0.245. The topological polar surface area (TPSA) is 68.2 Å². The second-order valence-electron chi connectivity index (χ2n) is 6.12. The fraction of sp³-hybridized carbons (Fsp3) is 1.00. The molecule has 0 aromatic rings. The standard InChI is InChI=1S/C14H26O5/c1-5-7-14(16,8-6-2)11-9-10(12(15)17-11)19-13(3,4)18-9/h9-12,15-16H,5-8H2,1-4H3/t9?,10?,11?,12-/m1/s1. The molecule has 4 atom stereocenters. The lowest BCUT2D eigenvalue weighted by Gasteiger charge is -2.36. The summed E-state index contributed by atoms with van der Waals surface area (Å²) in [4.78, 5) is 0. The third kappa shape index (κ3) is 2.81. The number of ether oxygens (including phenoxy) is 3. The van der Waals surface area contributed by atoms with E-state index in [2.05, 4.69) is 0 Å². The van der Waals surface area contributed by atoms with Crippen molar-refractivity contribution < 1.29 is 24.4 Å². The third-order valence-electron chi connectivity index (χ3n) is 3.92. The fourth-order valence-corrected chi connectivity index (χ4v) is 3.28. The predicted molar refractivity (Wildman–Crippen MR) is 69.5 cm³/mol. The van der Waals surface area contributed by atoms with E-state index in [1.165, 1.54) is 0 Å². The molecule has 2 fully saturated rings. The van der Waals surface area contributed by atoms with E-state index < -0.39 is 36.0 Å². The zero-order valence-corrected chi connectivity index (χ0v) is 12.3. The molecular weight excluding hydrogens is 248 g/mol.